The van der Waals surface area contributed by atoms with Crippen LogP contribution in [0.5, 0.6) is 5.75 Å². The number of halogens is 1. The number of aromatic nitrogens is 6. The number of nitrogens with one attached hydrogen (secondary N) is 2. The zero-order chi connectivity index (χ0) is 26.2. The number of H-pyrrole nitrogens is 2. The van der Waals surface area contributed by atoms with E-state index in [9.17, 15) is 4.39 Å². The summed E-state index contributed by atoms with van der Waals surface area (Å²) in [5, 5.41) is 9.49. The molecule has 8 heteroatoms. The number of nitrogens with zero attached hydrogens (tertiary/aromatic N) is 4. The van der Waals surface area contributed by atoms with Gasteiger partial charge in [0.15, 0.2) is 0 Å². The van der Waals surface area contributed by atoms with Crippen LogP contribution < -0.4 is 4.74 Å². The molecule has 0 radical (unpaired) electrons. The van der Waals surface area contributed by atoms with Crippen LogP contribution in [0.15, 0.2) is 104 Å². The van der Waals surface area contributed by atoms with Gasteiger partial charge < -0.3 is 9.72 Å². The van der Waals surface area contributed by atoms with Crippen LogP contribution in [0.3, 0.4) is 0 Å². The largest absolute Gasteiger partial charge is 0.487 e. The number of hydrogen-bond acceptors (Lipinski definition) is 5. The minimum atomic E-state index is -0.289. The maximum absolute atomic E-state index is 13.9. The molecular weight excluding hydrogens is 491 g/mol. The lowest BCUT2D eigenvalue weighted by atomic mass is 10.0. The molecule has 188 valence electrons. The third-order valence-electron chi connectivity index (χ3n) is 6.64. The van der Waals surface area contributed by atoms with E-state index >= 15 is 0 Å². The summed E-state index contributed by atoms with van der Waals surface area (Å²) in [6, 6.07) is 22.5. The van der Waals surface area contributed by atoms with Crippen molar-refractivity contribution in [1.29, 1.82) is 0 Å². The average molecular weight is 513 g/mol. The van der Waals surface area contributed by atoms with Crippen molar-refractivity contribution in [2.75, 3.05) is 0 Å². The number of fused-ring (bicyclic) bond motifs is 2. The third kappa shape index (κ3) is 4.38. The average Bonchev–Trinajstić information content (AvgIpc) is 3.60. The van der Waals surface area contributed by atoms with E-state index in [-0.39, 0.29) is 5.82 Å². The smallest absolute Gasteiger partial charge is 0.138 e. The fourth-order valence-corrected chi connectivity index (χ4v) is 4.72. The molecule has 7 rings (SSSR count). The number of pyridine rings is 3. The van der Waals surface area contributed by atoms with Crippen LogP contribution in [0.4, 0.5) is 4.39 Å². The van der Waals surface area contributed by atoms with Crippen molar-refractivity contribution in [3.8, 4) is 39.5 Å². The molecule has 0 aliphatic carbocycles. The van der Waals surface area contributed by atoms with Crippen molar-refractivity contribution in [3.05, 3.63) is 115 Å². The highest BCUT2D eigenvalue weighted by Crippen LogP contribution is 2.34. The van der Waals surface area contributed by atoms with Gasteiger partial charge in [0.1, 0.15) is 23.9 Å². The molecule has 0 bridgehead atoms. The monoisotopic (exact) mass is 512 g/mol. The molecule has 0 unspecified atom stereocenters. The lowest BCUT2D eigenvalue weighted by Gasteiger charge is -2.08. The van der Waals surface area contributed by atoms with E-state index in [2.05, 4.69) is 30.1 Å². The Morgan fingerprint density at radius 2 is 1.64 bits per heavy atom. The Labute approximate surface area is 222 Å². The molecule has 0 fully saturated rings. The number of aromatic amines is 2. The van der Waals surface area contributed by atoms with Gasteiger partial charge in [-0.3, -0.25) is 20.1 Å². The van der Waals surface area contributed by atoms with Gasteiger partial charge in [0.05, 0.1) is 41.0 Å². The van der Waals surface area contributed by atoms with Crippen molar-refractivity contribution in [2.45, 2.75) is 6.61 Å². The van der Waals surface area contributed by atoms with E-state index in [4.69, 9.17) is 4.74 Å². The standard InChI is InChI=1S/C31H21FN6O/c32-22-8-4-7-20(9-22)26-15-34-16-29-24(26)11-28(36-29)31-25-12-27(35-17-30(25)37-38-31)21-10-23(14-33-13-21)39-18-19-5-2-1-3-6-19/h1-17,36H,18H2,(H,37,38). The molecule has 0 atom stereocenters. The molecule has 0 aliphatic heterocycles. The van der Waals surface area contributed by atoms with Crippen molar-refractivity contribution in [2.24, 2.45) is 0 Å². The van der Waals surface area contributed by atoms with Gasteiger partial charge in [-0.2, -0.15) is 5.10 Å². The van der Waals surface area contributed by atoms with Crippen LogP contribution in [0.1, 0.15) is 5.56 Å². The summed E-state index contributed by atoms with van der Waals surface area (Å²) in [6.07, 6.45) is 8.74. The van der Waals surface area contributed by atoms with Crippen LogP contribution in [-0.4, -0.2) is 30.1 Å². The Bertz CT molecular complexity index is 1950. The number of benzene rings is 2. The van der Waals surface area contributed by atoms with Crippen LogP contribution >= 0.6 is 0 Å². The molecule has 2 aromatic carbocycles. The lowest BCUT2D eigenvalue weighted by Crippen LogP contribution is -1.96. The van der Waals surface area contributed by atoms with Gasteiger partial charge >= 0.3 is 0 Å². The first-order valence-corrected chi connectivity index (χ1v) is 12.4. The second kappa shape index (κ2) is 9.50. The van der Waals surface area contributed by atoms with Gasteiger partial charge in [-0.1, -0.05) is 42.5 Å². The van der Waals surface area contributed by atoms with E-state index < -0.39 is 0 Å². The van der Waals surface area contributed by atoms with Crippen molar-refractivity contribution in [3.63, 3.8) is 0 Å². The molecule has 5 aromatic heterocycles. The fourth-order valence-electron chi connectivity index (χ4n) is 4.72. The van der Waals surface area contributed by atoms with Crippen LogP contribution in [0, 0.1) is 5.82 Å². The third-order valence-corrected chi connectivity index (χ3v) is 6.64. The second-order valence-corrected chi connectivity index (χ2v) is 9.21. The van der Waals surface area contributed by atoms with Gasteiger partial charge in [0.2, 0.25) is 0 Å². The van der Waals surface area contributed by atoms with Gasteiger partial charge in [0.25, 0.3) is 0 Å². The highest BCUT2D eigenvalue weighted by Gasteiger charge is 2.15. The first-order valence-electron chi connectivity index (χ1n) is 12.4. The normalized spacial score (nSPS) is 11.3. The summed E-state index contributed by atoms with van der Waals surface area (Å²) >= 11 is 0. The Balaban J connectivity index is 1.24. The van der Waals surface area contributed by atoms with Gasteiger partial charge in [0, 0.05) is 34.3 Å². The summed E-state index contributed by atoms with van der Waals surface area (Å²) in [5.74, 6) is 0.376. The Morgan fingerprint density at radius 3 is 2.54 bits per heavy atom. The summed E-state index contributed by atoms with van der Waals surface area (Å²) in [4.78, 5) is 16.8. The minimum absolute atomic E-state index is 0.289. The predicted molar refractivity (Wildman–Crippen MR) is 148 cm³/mol. The SMILES string of the molecule is Fc1cccc(-c2cncc3[nH]c(-c4n[nH]c5cnc(-c6cncc(OCc7ccccc7)c6)cc45)cc23)c1. The van der Waals surface area contributed by atoms with Gasteiger partial charge in [-0.25, -0.2) is 4.39 Å². The molecule has 7 nitrogen and oxygen atoms in total. The highest BCUT2D eigenvalue weighted by molar-refractivity contribution is 6.01. The Morgan fingerprint density at radius 1 is 0.744 bits per heavy atom. The number of hydrogen-bond donors (Lipinski definition) is 2. The minimum Gasteiger partial charge on any atom is -0.487 e. The van der Waals surface area contributed by atoms with E-state index in [0.717, 1.165) is 61.1 Å². The maximum Gasteiger partial charge on any atom is 0.138 e. The van der Waals surface area contributed by atoms with Crippen molar-refractivity contribution >= 4 is 21.8 Å². The molecule has 5 heterocycles. The molecule has 0 saturated carbocycles. The lowest BCUT2D eigenvalue weighted by molar-refractivity contribution is 0.305. The van der Waals surface area contributed by atoms with Crippen molar-refractivity contribution < 1.29 is 9.13 Å². The van der Waals surface area contributed by atoms with Gasteiger partial charge in [-0.05, 0) is 41.5 Å². The molecule has 2 N–H and O–H groups in total. The molecular formula is C31H21FN6O. The van der Waals surface area contributed by atoms with Crippen LogP contribution in [0.25, 0.3) is 55.6 Å². The van der Waals surface area contributed by atoms with Crippen LogP contribution in [0.2, 0.25) is 0 Å². The summed E-state index contributed by atoms with van der Waals surface area (Å²) in [5.41, 5.74) is 7.49. The molecule has 0 aliphatic rings. The quantitative estimate of drug-likeness (QED) is 0.252. The first kappa shape index (κ1) is 22.8. The predicted octanol–water partition coefficient (Wildman–Crippen LogP) is 6.95. The topological polar surface area (TPSA) is 92.4 Å². The second-order valence-electron chi connectivity index (χ2n) is 9.21. The summed E-state index contributed by atoms with van der Waals surface area (Å²) in [6.45, 7) is 0.456. The Hall–Kier alpha value is -5.37. The molecule has 0 spiro atoms. The number of rotatable bonds is 6. The zero-order valence-electron chi connectivity index (χ0n) is 20.6. The number of ether oxygens (including phenoxy) is 1. The highest BCUT2D eigenvalue weighted by atomic mass is 19.1. The van der Waals surface area contributed by atoms with Crippen LogP contribution in [-0.2, 0) is 6.61 Å². The van der Waals surface area contributed by atoms with Crippen molar-refractivity contribution in [1.82, 2.24) is 30.1 Å². The Kier molecular flexibility index (Phi) is 5.55. The first-order chi connectivity index (χ1) is 19.2. The molecule has 39 heavy (non-hydrogen) atoms. The van der Waals surface area contributed by atoms with E-state index in [1.807, 2.05) is 54.6 Å². The van der Waals surface area contributed by atoms with E-state index in [0.29, 0.717) is 12.4 Å². The summed E-state index contributed by atoms with van der Waals surface area (Å²) in [7, 11) is 0. The van der Waals surface area contributed by atoms with Gasteiger partial charge in [-0.15, -0.1) is 0 Å². The maximum atomic E-state index is 13.9. The van der Waals surface area contributed by atoms with E-state index in [1.54, 1.807) is 37.1 Å². The fraction of sp³-hybridized carbons (Fsp3) is 0.0323. The zero-order valence-corrected chi connectivity index (χ0v) is 20.6. The molecule has 0 amide bonds. The van der Waals surface area contributed by atoms with E-state index in [1.165, 1.54) is 12.1 Å². The molecule has 7 aromatic rings. The molecule has 0 saturated heterocycles. The summed E-state index contributed by atoms with van der Waals surface area (Å²) < 4.78 is 19.9.